The molecule has 1 nitrogen and oxygen atoms in total. The van der Waals surface area contributed by atoms with E-state index in [0.29, 0.717) is 5.92 Å². The molecule has 1 aliphatic heterocycles. The van der Waals surface area contributed by atoms with Gasteiger partial charge in [0, 0.05) is 6.42 Å². The minimum absolute atomic E-state index is 0.573. The molecule has 0 aromatic heterocycles. The lowest BCUT2D eigenvalue weighted by Gasteiger charge is -2.23. The van der Waals surface area contributed by atoms with Gasteiger partial charge in [0.1, 0.15) is 11.5 Å². The molecule has 1 aromatic carbocycles. The minimum atomic E-state index is 0.573. The number of ether oxygens (including phenoxy) is 1. The Morgan fingerprint density at radius 2 is 1.93 bits per heavy atom. The maximum Gasteiger partial charge on any atom is 0.130 e. The predicted molar refractivity (Wildman–Crippen MR) is 58.3 cm³/mol. The van der Waals surface area contributed by atoms with Crippen LogP contribution in [0.2, 0.25) is 0 Å². The van der Waals surface area contributed by atoms with Crippen LogP contribution < -0.4 is 4.74 Å². The second-order valence-electron chi connectivity index (χ2n) is 4.12. The molecular weight excluding hydrogens is 172 g/mol. The molecule has 0 bridgehead atoms. The largest absolute Gasteiger partial charge is 0.462 e. The quantitative estimate of drug-likeness (QED) is 0.655. The molecular formula is C13H16O. The van der Waals surface area contributed by atoms with Gasteiger partial charge in [-0.15, -0.1) is 0 Å². The van der Waals surface area contributed by atoms with Crippen molar-refractivity contribution in [3.05, 3.63) is 41.2 Å². The summed E-state index contributed by atoms with van der Waals surface area (Å²) in [7, 11) is 0. The lowest BCUT2D eigenvalue weighted by Crippen LogP contribution is -2.11. The highest BCUT2D eigenvalue weighted by Gasteiger charge is 2.18. The van der Waals surface area contributed by atoms with Gasteiger partial charge in [0.25, 0.3) is 0 Å². The van der Waals surface area contributed by atoms with Crippen LogP contribution in [0, 0.1) is 5.92 Å². The van der Waals surface area contributed by atoms with E-state index in [9.17, 15) is 0 Å². The summed E-state index contributed by atoms with van der Waals surface area (Å²) in [6.45, 7) is 6.50. The van der Waals surface area contributed by atoms with E-state index in [4.69, 9.17) is 4.74 Å². The van der Waals surface area contributed by atoms with Gasteiger partial charge in [0.05, 0.1) is 0 Å². The van der Waals surface area contributed by atoms with Crippen molar-refractivity contribution in [3.63, 3.8) is 0 Å². The molecule has 14 heavy (non-hydrogen) atoms. The third-order valence-electron chi connectivity index (χ3n) is 2.77. The van der Waals surface area contributed by atoms with Crippen LogP contribution in [0.3, 0.4) is 0 Å². The summed E-state index contributed by atoms with van der Waals surface area (Å²) >= 11 is 0. The molecule has 1 aliphatic rings. The maximum atomic E-state index is 5.79. The van der Waals surface area contributed by atoms with Gasteiger partial charge >= 0.3 is 0 Å². The average molecular weight is 188 g/mol. The van der Waals surface area contributed by atoms with Crippen molar-refractivity contribution in [1.29, 1.82) is 0 Å². The molecule has 0 spiro atoms. The Balaban J connectivity index is 2.37. The van der Waals surface area contributed by atoms with E-state index in [-0.39, 0.29) is 0 Å². The zero-order valence-corrected chi connectivity index (χ0v) is 9.00. The van der Waals surface area contributed by atoms with E-state index in [1.54, 1.807) is 0 Å². The van der Waals surface area contributed by atoms with E-state index >= 15 is 0 Å². The summed E-state index contributed by atoms with van der Waals surface area (Å²) in [6, 6.07) is 8.27. The summed E-state index contributed by atoms with van der Waals surface area (Å²) in [5, 5.41) is 0. The number of rotatable bonds is 1. The molecule has 0 saturated carbocycles. The lowest BCUT2D eigenvalue weighted by atomic mass is 9.92. The molecule has 0 aliphatic carbocycles. The average Bonchev–Trinajstić information content (AvgIpc) is 2.16. The standard InChI is InChI=1S/C13H16O/c1-9(2)12-8-11-6-4-5-7-13(11)14-10(12)3/h4-7,9H,8H2,1-3H3. The number of hydrogen-bond acceptors (Lipinski definition) is 1. The molecule has 0 N–H and O–H groups in total. The lowest BCUT2D eigenvalue weighted by molar-refractivity contribution is 0.392. The number of para-hydroxylation sites is 1. The topological polar surface area (TPSA) is 9.23 Å². The van der Waals surface area contributed by atoms with E-state index in [0.717, 1.165) is 17.9 Å². The third-order valence-corrected chi connectivity index (χ3v) is 2.77. The van der Waals surface area contributed by atoms with Gasteiger partial charge in [-0.3, -0.25) is 0 Å². The second-order valence-corrected chi connectivity index (χ2v) is 4.12. The molecule has 0 saturated heterocycles. The first-order chi connectivity index (χ1) is 6.68. The molecule has 0 atom stereocenters. The molecule has 0 fully saturated rings. The summed E-state index contributed by atoms with van der Waals surface area (Å²) in [6.07, 6.45) is 1.04. The fraction of sp³-hybridized carbons (Fsp3) is 0.385. The monoisotopic (exact) mass is 188 g/mol. The molecule has 2 rings (SSSR count). The number of allylic oxidation sites excluding steroid dienone is 2. The van der Waals surface area contributed by atoms with Crippen molar-refractivity contribution < 1.29 is 4.74 Å². The van der Waals surface area contributed by atoms with E-state index in [1.807, 2.05) is 12.1 Å². The van der Waals surface area contributed by atoms with Gasteiger partial charge in [0.15, 0.2) is 0 Å². The van der Waals surface area contributed by atoms with Gasteiger partial charge in [-0.25, -0.2) is 0 Å². The van der Waals surface area contributed by atoms with Crippen LogP contribution in [-0.2, 0) is 6.42 Å². The van der Waals surface area contributed by atoms with Crippen LogP contribution in [0.25, 0.3) is 0 Å². The van der Waals surface area contributed by atoms with E-state index in [1.165, 1.54) is 11.1 Å². The molecule has 1 aromatic rings. The highest BCUT2D eigenvalue weighted by molar-refractivity contribution is 5.41. The third kappa shape index (κ3) is 1.54. The molecule has 0 amide bonds. The Morgan fingerprint density at radius 1 is 1.21 bits per heavy atom. The smallest absolute Gasteiger partial charge is 0.130 e. The highest BCUT2D eigenvalue weighted by atomic mass is 16.5. The Bertz CT molecular complexity index is 375. The predicted octanol–water partition coefficient (Wildman–Crippen LogP) is 3.55. The summed E-state index contributed by atoms with van der Waals surface area (Å²) in [4.78, 5) is 0. The minimum Gasteiger partial charge on any atom is -0.462 e. The van der Waals surface area contributed by atoms with Crippen molar-refractivity contribution in [1.82, 2.24) is 0 Å². The van der Waals surface area contributed by atoms with Crippen molar-refractivity contribution in [3.8, 4) is 5.75 Å². The van der Waals surface area contributed by atoms with E-state index < -0.39 is 0 Å². The second kappa shape index (κ2) is 3.49. The van der Waals surface area contributed by atoms with Crippen molar-refractivity contribution in [2.75, 3.05) is 0 Å². The zero-order valence-electron chi connectivity index (χ0n) is 9.00. The van der Waals surface area contributed by atoms with Crippen LogP contribution in [0.15, 0.2) is 35.6 Å². The van der Waals surface area contributed by atoms with Gasteiger partial charge in [-0.2, -0.15) is 0 Å². The molecule has 0 radical (unpaired) electrons. The first-order valence-electron chi connectivity index (χ1n) is 5.14. The number of fused-ring (bicyclic) bond motifs is 1. The highest BCUT2D eigenvalue weighted by Crippen LogP contribution is 2.32. The van der Waals surface area contributed by atoms with Crippen LogP contribution in [-0.4, -0.2) is 0 Å². The fourth-order valence-electron chi connectivity index (χ4n) is 1.92. The van der Waals surface area contributed by atoms with Crippen molar-refractivity contribution >= 4 is 0 Å². The SMILES string of the molecule is CC1=C(C(C)C)Cc2ccccc2O1. The first-order valence-corrected chi connectivity index (χ1v) is 5.14. The fourth-order valence-corrected chi connectivity index (χ4v) is 1.92. The van der Waals surface area contributed by atoms with Crippen molar-refractivity contribution in [2.24, 2.45) is 5.92 Å². The van der Waals surface area contributed by atoms with Crippen LogP contribution in [0.1, 0.15) is 26.3 Å². The Morgan fingerprint density at radius 3 is 2.64 bits per heavy atom. The summed E-state index contributed by atoms with van der Waals surface area (Å²) in [5.74, 6) is 2.68. The zero-order chi connectivity index (χ0) is 10.1. The summed E-state index contributed by atoms with van der Waals surface area (Å²) in [5.41, 5.74) is 2.73. The van der Waals surface area contributed by atoms with Gasteiger partial charge in [0.2, 0.25) is 0 Å². The molecule has 1 heteroatoms. The van der Waals surface area contributed by atoms with Crippen LogP contribution in [0.4, 0.5) is 0 Å². The number of hydrogen-bond donors (Lipinski definition) is 0. The van der Waals surface area contributed by atoms with E-state index in [2.05, 4.69) is 32.9 Å². The number of benzene rings is 1. The Labute approximate surface area is 85.4 Å². The Kier molecular flexibility index (Phi) is 2.32. The van der Waals surface area contributed by atoms with Crippen LogP contribution >= 0.6 is 0 Å². The molecule has 74 valence electrons. The van der Waals surface area contributed by atoms with Gasteiger partial charge in [-0.1, -0.05) is 32.0 Å². The summed E-state index contributed by atoms with van der Waals surface area (Å²) < 4.78 is 5.79. The van der Waals surface area contributed by atoms with Gasteiger partial charge < -0.3 is 4.74 Å². The first kappa shape index (κ1) is 9.32. The van der Waals surface area contributed by atoms with Crippen LogP contribution in [0.5, 0.6) is 5.75 Å². The maximum absolute atomic E-state index is 5.79. The molecule has 1 heterocycles. The van der Waals surface area contributed by atoms with Gasteiger partial charge in [-0.05, 0) is 30.0 Å². The van der Waals surface area contributed by atoms with Crippen molar-refractivity contribution in [2.45, 2.75) is 27.2 Å². The Hall–Kier alpha value is -1.24. The normalized spacial score (nSPS) is 15.4. The molecule has 0 unspecified atom stereocenters.